The van der Waals surface area contributed by atoms with Crippen LogP contribution in [-0.4, -0.2) is 34.1 Å². The molecule has 4 aromatic rings. The molecule has 0 spiro atoms. The lowest BCUT2D eigenvalue weighted by Crippen LogP contribution is -2.13. The van der Waals surface area contributed by atoms with Crippen molar-refractivity contribution in [3.8, 4) is 17.2 Å². The molecule has 0 saturated heterocycles. The molecule has 0 aliphatic rings. The normalized spacial score (nSPS) is 11.0. The zero-order valence-corrected chi connectivity index (χ0v) is 17.9. The van der Waals surface area contributed by atoms with Gasteiger partial charge in [0.25, 0.3) is 5.91 Å². The third-order valence-electron chi connectivity index (χ3n) is 4.75. The summed E-state index contributed by atoms with van der Waals surface area (Å²) in [6.07, 6.45) is 0.0382. The fraction of sp³-hybridized carbons (Fsp3) is 0.208. The van der Waals surface area contributed by atoms with Crippen molar-refractivity contribution in [3.05, 3.63) is 71.8 Å². The molecule has 1 heterocycles. The molecule has 1 amide bonds. The summed E-state index contributed by atoms with van der Waals surface area (Å²) in [4.78, 5) is 14.4. The van der Waals surface area contributed by atoms with E-state index in [0.717, 1.165) is 22.5 Å². The predicted octanol–water partition coefficient (Wildman–Crippen LogP) is 4.78. The standard InChI is InChI=1S/C24H24N4O3/c1-15(2)31-20-7-5-6-17(13-20)24(29)25-21-14-23-22(12-16(21)3)26-28(27-23)18-8-10-19(30-4)11-9-18/h5-15H,1-4H3,(H,25,29). The van der Waals surface area contributed by atoms with E-state index in [1.807, 2.05) is 69.3 Å². The van der Waals surface area contributed by atoms with E-state index < -0.39 is 0 Å². The Hall–Kier alpha value is -3.87. The highest BCUT2D eigenvalue weighted by Gasteiger charge is 2.13. The van der Waals surface area contributed by atoms with Crippen LogP contribution in [0.2, 0.25) is 0 Å². The SMILES string of the molecule is COc1ccc(-n2nc3cc(C)c(NC(=O)c4cccc(OC(C)C)c4)cc3n2)cc1. The monoisotopic (exact) mass is 416 g/mol. The number of amides is 1. The second kappa shape index (κ2) is 8.47. The van der Waals surface area contributed by atoms with Gasteiger partial charge in [0, 0.05) is 11.3 Å². The largest absolute Gasteiger partial charge is 0.497 e. The Morgan fingerprint density at radius 2 is 1.68 bits per heavy atom. The molecule has 0 aliphatic carbocycles. The lowest BCUT2D eigenvalue weighted by atomic mass is 10.1. The van der Waals surface area contributed by atoms with Gasteiger partial charge < -0.3 is 14.8 Å². The predicted molar refractivity (Wildman–Crippen MR) is 120 cm³/mol. The highest BCUT2D eigenvalue weighted by Crippen LogP contribution is 2.24. The highest BCUT2D eigenvalue weighted by molar-refractivity contribution is 6.05. The van der Waals surface area contributed by atoms with Gasteiger partial charge in [-0.2, -0.15) is 4.80 Å². The Bertz CT molecular complexity index is 1230. The van der Waals surface area contributed by atoms with Gasteiger partial charge in [0.1, 0.15) is 22.5 Å². The van der Waals surface area contributed by atoms with E-state index in [1.54, 1.807) is 24.0 Å². The van der Waals surface area contributed by atoms with Crippen LogP contribution >= 0.6 is 0 Å². The Kier molecular flexibility index (Phi) is 5.58. The number of anilines is 1. The summed E-state index contributed by atoms with van der Waals surface area (Å²) in [6.45, 7) is 5.83. The highest BCUT2D eigenvalue weighted by atomic mass is 16.5. The molecule has 3 aromatic carbocycles. The van der Waals surface area contributed by atoms with Gasteiger partial charge in [-0.15, -0.1) is 10.2 Å². The fourth-order valence-corrected chi connectivity index (χ4v) is 3.21. The molecular formula is C24H24N4O3. The molecule has 7 heteroatoms. The van der Waals surface area contributed by atoms with Gasteiger partial charge >= 0.3 is 0 Å². The second-order valence-corrected chi connectivity index (χ2v) is 7.49. The van der Waals surface area contributed by atoms with E-state index >= 15 is 0 Å². The van der Waals surface area contributed by atoms with Gasteiger partial charge in [-0.1, -0.05) is 6.07 Å². The summed E-state index contributed by atoms with van der Waals surface area (Å²) in [5.74, 6) is 1.22. The van der Waals surface area contributed by atoms with Crippen LogP contribution in [0.3, 0.4) is 0 Å². The number of aryl methyl sites for hydroxylation is 1. The Balaban J connectivity index is 1.59. The van der Waals surface area contributed by atoms with E-state index in [9.17, 15) is 4.79 Å². The molecule has 1 aromatic heterocycles. The maximum Gasteiger partial charge on any atom is 0.255 e. The number of benzene rings is 3. The van der Waals surface area contributed by atoms with Crippen molar-refractivity contribution in [3.63, 3.8) is 0 Å². The smallest absolute Gasteiger partial charge is 0.255 e. The minimum atomic E-state index is -0.209. The van der Waals surface area contributed by atoms with Crippen molar-refractivity contribution in [1.82, 2.24) is 15.0 Å². The number of rotatable bonds is 6. The van der Waals surface area contributed by atoms with Gasteiger partial charge in [-0.25, -0.2) is 0 Å². The van der Waals surface area contributed by atoms with Gasteiger partial charge in [0.05, 0.1) is 18.9 Å². The van der Waals surface area contributed by atoms with Gasteiger partial charge in [-0.05, 0) is 80.9 Å². The number of hydrogen-bond acceptors (Lipinski definition) is 5. The quantitative estimate of drug-likeness (QED) is 0.490. The number of carbonyl (C=O) groups excluding carboxylic acids is 1. The number of fused-ring (bicyclic) bond motifs is 1. The van der Waals surface area contributed by atoms with Crippen molar-refractivity contribution < 1.29 is 14.3 Å². The number of ether oxygens (including phenoxy) is 2. The minimum Gasteiger partial charge on any atom is -0.497 e. The molecule has 0 saturated carbocycles. The second-order valence-electron chi connectivity index (χ2n) is 7.49. The van der Waals surface area contributed by atoms with Crippen molar-refractivity contribution in [2.45, 2.75) is 26.9 Å². The first-order chi connectivity index (χ1) is 14.9. The van der Waals surface area contributed by atoms with Crippen molar-refractivity contribution in [2.75, 3.05) is 12.4 Å². The zero-order valence-electron chi connectivity index (χ0n) is 17.9. The van der Waals surface area contributed by atoms with Crippen molar-refractivity contribution in [2.24, 2.45) is 0 Å². The van der Waals surface area contributed by atoms with E-state index in [1.165, 1.54) is 0 Å². The molecule has 4 rings (SSSR count). The summed E-state index contributed by atoms with van der Waals surface area (Å²) in [5.41, 5.74) is 4.38. The number of hydrogen-bond donors (Lipinski definition) is 1. The molecule has 0 fully saturated rings. The molecule has 0 radical (unpaired) electrons. The Morgan fingerprint density at radius 3 is 2.35 bits per heavy atom. The first kappa shape index (κ1) is 20.4. The maximum atomic E-state index is 12.8. The summed E-state index contributed by atoms with van der Waals surface area (Å²) in [5, 5.41) is 12.1. The summed E-state index contributed by atoms with van der Waals surface area (Å²) in [6, 6.07) is 18.4. The van der Waals surface area contributed by atoms with Crippen LogP contribution in [0, 0.1) is 6.92 Å². The molecule has 0 bridgehead atoms. The van der Waals surface area contributed by atoms with Crippen LogP contribution in [0.25, 0.3) is 16.7 Å². The topological polar surface area (TPSA) is 78.3 Å². The van der Waals surface area contributed by atoms with Crippen LogP contribution < -0.4 is 14.8 Å². The van der Waals surface area contributed by atoms with Gasteiger partial charge in [0.2, 0.25) is 0 Å². The average Bonchev–Trinajstić information content (AvgIpc) is 3.16. The van der Waals surface area contributed by atoms with E-state index in [2.05, 4.69) is 15.5 Å². The number of nitrogens with zero attached hydrogens (tertiary/aromatic N) is 3. The lowest BCUT2D eigenvalue weighted by molar-refractivity contribution is 0.102. The zero-order chi connectivity index (χ0) is 22.0. The number of aromatic nitrogens is 3. The number of methoxy groups -OCH3 is 1. The Labute approximate surface area is 180 Å². The molecule has 0 atom stereocenters. The van der Waals surface area contributed by atoms with Gasteiger partial charge in [0.15, 0.2) is 0 Å². The molecule has 0 unspecified atom stereocenters. The molecule has 7 nitrogen and oxygen atoms in total. The van der Waals surface area contributed by atoms with Crippen LogP contribution in [0.5, 0.6) is 11.5 Å². The third kappa shape index (κ3) is 4.50. The van der Waals surface area contributed by atoms with Crippen LogP contribution in [0.4, 0.5) is 5.69 Å². The Morgan fingerprint density at radius 1 is 0.968 bits per heavy atom. The molecule has 1 N–H and O–H groups in total. The summed E-state index contributed by atoms with van der Waals surface area (Å²) in [7, 11) is 1.63. The first-order valence-corrected chi connectivity index (χ1v) is 10.0. The van der Waals surface area contributed by atoms with Crippen LogP contribution in [-0.2, 0) is 0 Å². The number of nitrogens with one attached hydrogen (secondary N) is 1. The molecule has 158 valence electrons. The van der Waals surface area contributed by atoms with E-state index in [4.69, 9.17) is 9.47 Å². The summed E-state index contributed by atoms with van der Waals surface area (Å²) < 4.78 is 10.9. The van der Waals surface area contributed by atoms with Gasteiger partial charge in [-0.3, -0.25) is 4.79 Å². The van der Waals surface area contributed by atoms with Crippen LogP contribution in [0.1, 0.15) is 29.8 Å². The fourth-order valence-electron chi connectivity index (χ4n) is 3.21. The molecule has 0 aliphatic heterocycles. The van der Waals surface area contributed by atoms with E-state index in [0.29, 0.717) is 22.5 Å². The molecule has 31 heavy (non-hydrogen) atoms. The van der Waals surface area contributed by atoms with Crippen molar-refractivity contribution >= 4 is 22.6 Å². The average molecular weight is 416 g/mol. The first-order valence-electron chi connectivity index (χ1n) is 10.0. The third-order valence-corrected chi connectivity index (χ3v) is 4.75. The van der Waals surface area contributed by atoms with E-state index in [-0.39, 0.29) is 12.0 Å². The summed E-state index contributed by atoms with van der Waals surface area (Å²) >= 11 is 0. The maximum absolute atomic E-state index is 12.8. The van der Waals surface area contributed by atoms with Crippen LogP contribution in [0.15, 0.2) is 60.7 Å². The molecular weight excluding hydrogens is 392 g/mol. The minimum absolute atomic E-state index is 0.0382. The number of carbonyl (C=O) groups is 1. The lowest BCUT2D eigenvalue weighted by Gasteiger charge is -2.12. The van der Waals surface area contributed by atoms with Crippen molar-refractivity contribution in [1.29, 1.82) is 0 Å².